The van der Waals surface area contributed by atoms with E-state index < -0.39 is 0 Å². The molecule has 1 fully saturated rings. The van der Waals surface area contributed by atoms with Crippen LogP contribution in [0, 0.1) is 5.92 Å². The molecule has 0 radical (unpaired) electrons. The molecule has 0 spiro atoms. The van der Waals surface area contributed by atoms with E-state index in [2.05, 4.69) is 39.5 Å². The van der Waals surface area contributed by atoms with Crippen LogP contribution in [0.15, 0.2) is 54.7 Å². The van der Waals surface area contributed by atoms with Gasteiger partial charge in [0, 0.05) is 19.3 Å². The molecule has 0 aliphatic carbocycles. The van der Waals surface area contributed by atoms with Crippen molar-refractivity contribution in [2.75, 3.05) is 18.4 Å². The molecule has 1 aromatic carbocycles. The molecule has 1 aliphatic heterocycles. The highest BCUT2D eigenvalue weighted by Crippen LogP contribution is 2.20. The molecule has 1 aromatic heterocycles. The largest absolute Gasteiger partial charge is 0.310 e. The molecule has 0 bridgehead atoms. The van der Waals surface area contributed by atoms with Gasteiger partial charge in [-0.15, -0.1) is 0 Å². The van der Waals surface area contributed by atoms with Crippen molar-refractivity contribution < 1.29 is 4.79 Å². The number of likely N-dealkylation sites (tertiary alicyclic amines) is 1. The zero-order valence-electron chi connectivity index (χ0n) is 11.9. The van der Waals surface area contributed by atoms with E-state index in [1.54, 1.807) is 6.20 Å². The van der Waals surface area contributed by atoms with Gasteiger partial charge in [-0.3, -0.25) is 9.69 Å². The molecule has 21 heavy (non-hydrogen) atoms. The molecule has 1 amide bonds. The highest BCUT2D eigenvalue weighted by molar-refractivity contribution is 5.91. The SMILES string of the molecule is O=C(Nc1ccccn1)C1CCN(Cc2ccccc2)C1. The molecule has 1 aliphatic rings. The van der Waals surface area contributed by atoms with E-state index in [1.807, 2.05) is 24.3 Å². The van der Waals surface area contributed by atoms with E-state index in [0.29, 0.717) is 5.82 Å². The van der Waals surface area contributed by atoms with Gasteiger partial charge in [-0.1, -0.05) is 36.4 Å². The molecular weight excluding hydrogens is 262 g/mol. The summed E-state index contributed by atoms with van der Waals surface area (Å²) in [5.41, 5.74) is 1.29. The Morgan fingerprint density at radius 1 is 1.19 bits per heavy atom. The van der Waals surface area contributed by atoms with Gasteiger partial charge in [0.2, 0.25) is 5.91 Å². The molecule has 0 saturated carbocycles. The molecule has 2 aromatic rings. The summed E-state index contributed by atoms with van der Waals surface area (Å²) in [7, 11) is 0. The van der Waals surface area contributed by atoms with Crippen molar-refractivity contribution in [2.24, 2.45) is 5.92 Å². The second-order valence-corrected chi connectivity index (χ2v) is 5.41. The first kappa shape index (κ1) is 13.8. The van der Waals surface area contributed by atoms with Crippen LogP contribution in [0.25, 0.3) is 0 Å². The van der Waals surface area contributed by atoms with Gasteiger partial charge in [-0.25, -0.2) is 4.98 Å². The van der Waals surface area contributed by atoms with Crippen LogP contribution >= 0.6 is 0 Å². The van der Waals surface area contributed by atoms with Crippen LogP contribution in [0.1, 0.15) is 12.0 Å². The lowest BCUT2D eigenvalue weighted by Crippen LogP contribution is -2.27. The molecule has 2 heterocycles. The first-order valence-electron chi connectivity index (χ1n) is 7.29. The standard InChI is InChI=1S/C17H19N3O/c21-17(19-16-8-4-5-10-18-16)15-9-11-20(13-15)12-14-6-2-1-3-7-14/h1-8,10,15H,9,11-13H2,(H,18,19,21). The number of nitrogens with zero attached hydrogens (tertiary/aromatic N) is 2. The quantitative estimate of drug-likeness (QED) is 0.936. The Morgan fingerprint density at radius 2 is 2.00 bits per heavy atom. The van der Waals surface area contributed by atoms with E-state index in [0.717, 1.165) is 26.1 Å². The number of carbonyl (C=O) groups is 1. The smallest absolute Gasteiger partial charge is 0.229 e. The Kier molecular flexibility index (Phi) is 4.26. The van der Waals surface area contributed by atoms with Gasteiger partial charge in [0.05, 0.1) is 5.92 Å². The average molecular weight is 281 g/mol. The topological polar surface area (TPSA) is 45.2 Å². The lowest BCUT2D eigenvalue weighted by atomic mass is 10.1. The summed E-state index contributed by atoms with van der Waals surface area (Å²) in [6.45, 7) is 2.69. The summed E-state index contributed by atoms with van der Waals surface area (Å²) in [5, 5.41) is 2.89. The summed E-state index contributed by atoms with van der Waals surface area (Å²) in [6, 6.07) is 15.9. The summed E-state index contributed by atoms with van der Waals surface area (Å²) < 4.78 is 0. The fraction of sp³-hybridized carbons (Fsp3) is 0.294. The van der Waals surface area contributed by atoms with Crippen molar-refractivity contribution in [2.45, 2.75) is 13.0 Å². The monoisotopic (exact) mass is 281 g/mol. The van der Waals surface area contributed by atoms with E-state index >= 15 is 0 Å². The number of anilines is 1. The van der Waals surface area contributed by atoms with Crippen LogP contribution in [-0.2, 0) is 11.3 Å². The van der Waals surface area contributed by atoms with E-state index in [1.165, 1.54) is 5.56 Å². The Hall–Kier alpha value is -2.20. The zero-order chi connectivity index (χ0) is 14.5. The minimum absolute atomic E-state index is 0.0516. The van der Waals surface area contributed by atoms with E-state index in [4.69, 9.17) is 0 Å². The number of amides is 1. The number of hydrogen-bond donors (Lipinski definition) is 1. The van der Waals surface area contributed by atoms with Crippen molar-refractivity contribution in [1.29, 1.82) is 0 Å². The third kappa shape index (κ3) is 3.67. The molecule has 1 atom stereocenters. The van der Waals surface area contributed by atoms with E-state index in [-0.39, 0.29) is 11.8 Å². The molecule has 4 heteroatoms. The zero-order valence-corrected chi connectivity index (χ0v) is 11.9. The van der Waals surface area contributed by atoms with Crippen molar-refractivity contribution in [3.63, 3.8) is 0 Å². The first-order chi connectivity index (χ1) is 10.3. The van der Waals surface area contributed by atoms with Crippen LogP contribution in [0.5, 0.6) is 0 Å². The average Bonchev–Trinajstić information content (AvgIpc) is 2.98. The molecule has 1 unspecified atom stereocenters. The number of aromatic nitrogens is 1. The van der Waals surface area contributed by atoms with Crippen molar-refractivity contribution in [1.82, 2.24) is 9.88 Å². The first-order valence-corrected chi connectivity index (χ1v) is 7.29. The van der Waals surface area contributed by atoms with Gasteiger partial charge in [0.1, 0.15) is 5.82 Å². The summed E-state index contributed by atoms with van der Waals surface area (Å²) in [5.74, 6) is 0.754. The lowest BCUT2D eigenvalue weighted by Gasteiger charge is -2.15. The van der Waals surface area contributed by atoms with Crippen LogP contribution < -0.4 is 5.32 Å². The summed E-state index contributed by atoms with van der Waals surface area (Å²) in [6.07, 6.45) is 2.59. The maximum atomic E-state index is 12.2. The lowest BCUT2D eigenvalue weighted by molar-refractivity contribution is -0.119. The molecule has 1 saturated heterocycles. The molecule has 108 valence electrons. The van der Waals surface area contributed by atoms with Gasteiger partial charge in [-0.05, 0) is 30.7 Å². The normalized spacial score (nSPS) is 18.6. The van der Waals surface area contributed by atoms with Gasteiger partial charge in [-0.2, -0.15) is 0 Å². The maximum Gasteiger partial charge on any atom is 0.229 e. The Balaban J connectivity index is 1.53. The van der Waals surface area contributed by atoms with Gasteiger partial charge in [0.15, 0.2) is 0 Å². The van der Waals surface area contributed by atoms with Crippen LogP contribution in [0.3, 0.4) is 0 Å². The van der Waals surface area contributed by atoms with Crippen molar-refractivity contribution in [3.05, 3.63) is 60.3 Å². The minimum atomic E-state index is 0.0516. The third-order valence-corrected chi connectivity index (χ3v) is 3.81. The van der Waals surface area contributed by atoms with Gasteiger partial charge < -0.3 is 5.32 Å². The van der Waals surface area contributed by atoms with E-state index in [9.17, 15) is 4.79 Å². The van der Waals surface area contributed by atoms with Crippen LogP contribution in [0.2, 0.25) is 0 Å². The van der Waals surface area contributed by atoms with Gasteiger partial charge >= 0.3 is 0 Å². The number of hydrogen-bond acceptors (Lipinski definition) is 3. The number of benzene rings is 1. The van der Waals surface area contributed by atoms with Gasteiger partial charge in [0.25, 0.3) is 0 Å². The molecule has 1 N–H and O–H groups in total. The fourth-order valence-corrected chi connectivity index (χ4v) is 2.70. The molecule has 3 rings (SSSR count). The minimum Gasteiger partial charge on any atom is -0.310 e. The summed E-state index contributed by atoms with van der Waals surface area (Å²) in [4.78, 5) is 18.7. The highest BCUT2D eigenvalue weighted by atomic mass is 16.2. The maximum absolute atomic E-state index is 12.2. The number of rotatable bonds is 4. The third-order valence-electron chi connectivity index (χ3n) is 3.81. The second-order valence-electron chi connectivity index (χ2n) is 5.41. The van der Waals surface area contributed by atoms with Crippen molar-refractivity contribution in [3.8, 4) is 0 Å². The fourth-order valence-electron chi connectivity index (χ4n) is 2.70. The second kappa shape index (κ2) is 6.50. The number of carbonyl (C=O) groups excluding carboxylic acids is 1. The van der Waals surface area contributed by atoms with Crippen LogP contribution in [0.4, 0.5) is 5.82 Å². The molecular formula is C17H19N3O. The predicted octanol–water partition coefficient (Wildman–Crippen LogP) is 2.54. The van der Waals surface area contributed by atoms with Crippen molar-refractivity contribution >= 4 is 11.7 Å². The predicted molar refractivity (Wildman–Crippen MR) is 82.7 cm³/mol. The Labute approximate surface area is 124 Å². The Morgan fingerprint density at radius 3 is 2.76 bits per heavy atom. The number of nitrogens with one attached hydrogen (secondary N) is 1. The molecule has 4 nitrogen and oxygen atoms in total. The highest BCUT2D eigenvalue weighted by Gasteiger charge is 2.28. The Bertz CT molecular complexity index is 585. The van der Waals surface area contributed by atoms with Crippen LogP contribution in [-0.4, -0.2) is 28.9 Å². The number of pyridine rings is 1. The summed E-state index contributed by atoms with van der Waals surface area (Å²) >= 11 is 0.